The quantitative estimate of drug-likeness (QED) is 0.877. The van der Waals surface area contributed by atoms with Crippen LogP contribution in [0.1, 0.15) is 60.9 Å². The van der Waals surface area contributed by atoms with Crippen LogP contribution in [0.5, 0.6) is 0 Å². The number of benzene rings is 1. The summed E-state index contributed by atoms with van der Waals surface area (Å²) in [5, 5.41) is 3.33. The lowest BCUT2D eigenvalue weighted by molar-refractivity contribution is -0.971. The summed E-state index contributed by atoms with van der Waals surface area (Å²) in [5.41, 5.74) is 1.91. The van der Waals surface area contributed by atoms with E-state index in [1.807, 2.05) is 36.1 Å². The van der Waals surface area contributed by atoms with E-state index < -0.39 is 0 Å². The molecule has 2 atom stereocenters. The molecule has 3 nitrogen and oxygen atoms in total. The topological polar surface area (TPSA) is 33.5 Å². The van der Waals surface area contributed by atoms with Crippen LogP contribution < -0.4 is 10.2 Å². The van der Waals surface area contributed by atoms with Gasteiger partial charge in [-0.2, -0.15) is 0 Å². The van der Waals surface area contributed by atoms with E-state index >= 15 is 0 Å². The van der Waals surface area contributed by atoms with Gasteiger partial charge in [0.2, 0.25) is 0 Å². The van der Waals surface area contributed by atoms with Crippen molar-refractivity contribution >= 4 is 5.91 Å². The fraction of sp³-hybridized carbons (Fsp3) is 0.632. The molecule has 1 amide bonds. The van der Waals surface area contributed by atoms with Crippen molar-refractivity contribution in [2.75, 3.05) is 0 Å². The molecular formula is C19H27N2O+. The lowest BCUT2D eigenvalue weighted by Crippen LogP contribution is -3.22. The summed E-state index contributed by atoms with van der Waals surface area (Å²) in [5.74, 6) is 0.121. The largest absolute Gasteiger partial charge is 0.349 e. The molecule has 0 spiro atoms. The summed E-state index contributed by atoms with van der Waals surface area (Å²) in [6.07, 6.45) is 9.34. The number of fused-ring (bicyclic) bond motifs is 2. The Bertz CT molecular complexity index is 552. The molecule has 22 heavy (non-hydrogen) atoms. The number of hydrogen-bond donors (Lipinski definition) is 2. The molecule has 1 saturated carbocycles. The number of nitrogens with one attached hydrogen (secondary N) is 2. The number of hydrogen-bond acceptors (Lipinski definition) is 1. The first kappa shape index (κ1) is 14.3. The first-order valence-corrected chi connectivity index (χ1v) is 8.95. The van der Waals surface area contributed by atoms with Crippen molar-refractivity contribution in [3.63, 3.8) is 0 Å². The second kappa shape index (κ2) is 5.69. The fourth-order valence-electron chi connectivity index (χ4n) is 4.86. The van der Waals surface area contributed by atoms with Gasteiger partial charge in [0.25, 0.3) is 5.91 Å². The third-order valence-electron chi connectivity index (χ3n) is 5.96. The third kappa shape index (κ3) is 2.67. The molecule has 0 radical (unpaired) electrons. The molecule has 2 aliphatic heterocycles. The van der Waals surface area contributed by atoms with Crippen LogP contribution in [0.3, 0.4) is 0 Å². The lowest BCUT2D eigenvalue weighted by Gasteiger charge is -2.46. The van der Waals surface area contributed by atoms with Crippen molar-refractivity contribution in [1.29, 1.82) is 0 Å². The van der Waals surface area contributed by atoms with E-state index in [2.05, 4.69) is 5.32 Å². The predicted molar refractivity (Wildman–Crippen MR) is 87.1 cm³/mol. The van der Waals surface area contributed by atoms with E-state index in [-0.39, 0.29) is 5.91 Å². The van der Waals surface area contributed by atoms with Crippen molar-refractivity contribution in [3.05, 3.63) is 35.4 Å². The van der Waals surface area contributed by atoms with E-state index in [1.54, 1.807) is 0 Å². The Labute approximate surface area is 133 Å². The highest BCUT2D eigenvalue weighted by Crippen LogP contribution is 2.27. The summed E-state index contributed by atoms with van der Waals surface area (Å²) in [7, 11) is 0. The van der Waals surface area contributed by atoms with Crippen LogP contribution in [-0.4, -0.2) is 30.1 Å². The maximum atomic E-state index is 12.6. The Morgan fingerprint density at radius 2 is 1.73 bits per heavy atom. The van der Waals surface area contributed by atoms with E-state index in [0.29, 0.717) is 6.04 Å². The molecule has 1 aliphatic carbocycles. The van der Waals surface area contributed by atoms with Gasteiger partial charge in [0, 0.05) is 37.3 Å². The smallest absolute Gasteiger partial charge is 0.251 e. The maximum Gasteiger partial charge on any atom is 0.251 e. The van der Waals surface area contributed by atoms with E-state index in [9.17, 15) is 4.79 Å². The molecule has 4 rings (SSSR count). The highest BCUT2D eigenvalue weighted by atomic mass is 16.1. The average molecular weight is 299 g/mol. The number of aryl methyl sites for hydroxylation is 1. The van der Waals surface area contributed by atoms with Gasteiger partial charge in [-0.3, -0.25) is 4.79 Å². The molecule has 3 fully saturated rings. The Morgan fingerprint density at radius 1 is 1.05 bits per heavy atom. The Balaban J connectivity index is 1.44. The molecule has 0 aromatic heterocycles. The summed E-state index contributed by atoms with van der Waals surface area (Å²) < 4.78 is 0. The van der Waals surface area contributed by atoms with E-state index in [1.165, 1.54) is 44.9 Å². The zero-order valence-corrected chi connectivity index (χ0v) is 13.5. The molecule has 118 valence electrons. The van der Waals surface area contributed by atoms with Crippen LogP contribution in [0.4, 0.5) is 0 Å². The van der Waals surface area contributed by atoms with Gasteiger partial charge in [-0.05, 0) is 37.8 Å². The van der Waals surface area contributed by atoms with Gasteiger partial charge in [0.1, 0.15) is 0 Å². The van der Waals surface area contributed by atoms with Gasteiger partial charge >= 0.3 is 0 Å². The summed E-state index contributed by atoms with van der Waals surface area (Å²) in [4.78, 5) is 14.5. The molecule has 3 aliphatic rings. The number of carbonyl (C=O) groups is 1. The van der Waals surface area contributed by atoms with Gasteiger partial charge in [0.15, 0.2) is 0 Å². The molecule has 1 aromatic rings. The minimum atomic E-state index is 0.121. The van der Waals surface area contributed by atoms with E-state index in [4.69, 9.17) is 0 Å². The Hall–Kier alpha value is -1.35. The first-order valence-electron chi connectivity index (χ1n) is 8.95. The fourth-order valence-corrected chi connectivity index (χ4v) is 4.86. The molecule has 2 saturated heterocycles. The van der Waals surface area contributed by atoms with Crippen molar-refractivity contribution < 1.29 is 9.69 Å². The predicted octanol–water partition coefficient (Wildman–Crippen LogP) is 1.86. The second-order valence-corrected chi connectivity index (χ2v) is 7.56. The van der Waals surface area contributed by atoms with Crippen LogP contribution >= 0.6 is 0 Å². The molecule has 1 aromatic carbocycles. The molecule has 2 bridgehead atoms. The van der Waals surface area contributed by atoms with Crippen LogP contribution in [-0.2, 0) is 0 Å². The van der Waals surface area contributed by atoms with E-state index in [0.717, 1.165) is 29.3 Å². The number of quaternary nitrogens is 1. The van der Waals surface area contributed by atoms with Crippen LogP contribution in [0.15, 0.2) is 24.3 Å². The monoisotopic (exact) mass is 299 g/mol. The standard InChI is InChI=1S/C19H26N2O/c1-13-5-2-3-8-18(13)19(22)20-14-11-16-6-4-7-17(12-14)21(16)15-9-10-15/h2-3,5,8,14-17H,4,6-7,9-12H2,1H3,(H,20,22)/p+1/t16-,17-/m1/s1. The zero-order chi connectivity index (χ0) is 15.1. The highest BCUT2D eigenvalue weighted by molar-refractivity contribution is 5.95. The molecule has 2 heterocycles. The van der Waals surface area contributed by atoms with Crippen molar-refractivity contribution in [1.82, 2.24) is 5.32 Å². The number of piperidine rings is 2. The molecule has 2 N–H and O–H groups in total. The molecular weight excluding hydrogens is 272 g/mol. The number of amides is 1. The number of rotatable bonds is 3. The normalized spacial score (nSPS) is 34.2. The molecule has 0 unspecified atom stereocenters. The zero-order valence-electron chi connectivity index (χ0n) is 13.5. The van der Waals surface area contributed by atoms with Gasteiger partial charge in [-0.25, -0.2) is 0 Å². The SMILES string of the molecule is Cc1ccccc1C(=O)NC1C[C@H]2CCC[C@H](C1)[NH+]2C1CC1. The van der Waals surface area contributed by atoms with Crippen LogP contribution in [0.2, 0.25) is 0 Å². The third-order valence-corrected chi connectivity index (χ3v) is 5.96. The van der Waals surface area contributed by atoms with Gasteiger partial charge in [0.05, 0.1) is 18.1 Å². The van der Waals surface area contributed by atoms with Gasteiger partial charge in [-0.15, -0.1) is 0 Å². The van der Waals surface area contributed by atoms with Gasteiger partial charge < -0.3 is 10.2 Å². The summed E-state index contributed by atoms with van der Waals surface area (Å²) in [6, 6.07) is 10.8. The average Bonchev–Trinajstić information content (AvgIpc) is 3.31. The summed E-state index contributed by atoms with van der Waals surface area (Å²) in [6.45, 7) is 2.02. The minimum absolute atomic E-state index is 0.121. The van der Waals surface area contributed by atoms with Gasteiger partial charge in [-0.1, -0.05) is 18.2 Å². The number of carbonyl (C=O) groups excluding carboxylic acids is 1. The Kier molecular flexibility index (Phi) is 3.69. The first-order chi connectivity index (χ1) is 10.7. The highest BCUT2D eigenvalue weighted by Gasteiger charge is 2.48. The lowest BCUT2D eigenvalue weighted by atomic mass is 9.81. The van der Waals surface area contributed by atoms with Crippen LogP contribution in [0, 0.1) is 6.92 Å². The van der Waals surface area contributed by atoms with Crippen molar-refractivity contribution in [2.24, 2.45) is 0 Å². The minimum Gasteiger partial charge on any atom is -0.349 e. The maximum absolute atomic E-state index is 12.6. The van der Waals surface area contributed by atoms with Crippen molar-refractivity contribution in [3.8, 4) is 0 Å². The van der Waals surface area contributed by atoms with Crippen LogP contribution in [0.25, 0.3) is 0 Å². The second-order valence-electron chi connectivity index (χ2n) is 7.56. The molecule has 3 heteroatoms. The Morgan fingerprint density at radius 3 is 2.36 bits per heavy atom. The van der Waals surface area contributed by atoms with Crippen molar-refractivity contribution in [2.45, 2.75) is 76.0 Å². The summed E-state index contributed by atoms with van der Waals surface area (Å²) >= 11 is 0.